The first-order chi connectivity index (χ1) is 9.49. The normalized spacial score (nSPS) is 10.2. The molecule has 2 rings (SSSR count). The lowest BCUT2D eigenvalue weighted by Crippen LogP contribution is -2.16. The molecule has 4 nitrogen and oxygen atoms in total. The van der Waals surface area contributed by atoms with Crippen molar-refractivity contribution in [2.45, 2.75) is 6.92 Å². The summed E-state index contributed by atoms with van der Waals surface area (Å²) in [5.74, 6) is -1.58. The highest BCUT2D eigenvalue weighted by Crippen LogP contribution is 2.18. The zero-order valence-corrected chi connectivity index (χ0v) is 11.2. The number of amides is 1. The molecule has 0 fully saturated rings. The summed E-state index contributed by atoms with van der Waals surface area (Å²) >= 11 is 5.73. The van der Waals surface area contributed by atoms with Gasteiger partial charge in [-0.2, -0.15) is 0 Å². The molecule has 0 spiro atoms. The van der Waals surface area contributed by atoms with Crippen LogP contribution in [-0.2, 0) is 0 Å². The van der Waals surface area contributed by atoms with Crippen molar-refractivity contribution in [2.24, 2.45) is 0 Å². The summed E-state index contributed by atoms with van der Waals surface area (Å²) in [7, 11) is 0. The fourth-order valence-electron chi connectivity index (χ4n) is 1.64. The number of pyridine rings is 1. The first kappa shape index (κ1) is 14.1. The number of carbonyl (C=O) groups excluding carboxylic acids is 2. The van der Waals surface area contributed by atoms with Crippen molar-refractivity contribution in [3.8, 4) is 0 Å². The number of ketones is 1. The van der Waals surface area contributed by atoms with Crippen molar-refractivity contribution in [3.63, 3.8) is 0 Å². The minimum atomic E-state index is -0.716. The van der Waals surface area contributed by atoms with Crippen molar-refractivity contribution in [2.75, 3.05) is 5.32 Å². The van der Waals surface area contributed by atoms with Crippen molar-refractivity contribution in [1.29, 1.82) is 0 Å². The Morgan fingerprint density at radius 1 is 1.25 bits per heavy atom. The van der Waals surface area contributed by atoms with Gasteiger partial charge in [0.2, 0.25) is 0 Å². The minimum absolute atomic E-state index is 0.0874. The molecular weight excluding hydrogens is 283 g/mol. The highest BCUT2D eigenvalue weighted by molar-refractivity contribution is 6.31. The predicted molar refractivity (Wildman–Crippen MR) is 73.6 cm³/mol. The number of hydrogen-bond donors (Lipinski definition) is 1. The van der Waals surface area contributed by atoms with Gasteiger partial charge in [0, 0.05) is 11.2 Å². The first-order valence-electron chi connectivity index (χ1n) is 5.71. The number of rotatable bonds is 3. The molecule has 0 radical (unpaired) electrons. The third-order valence-electron chi connectivity index (χ3n) is 2.59. The Balaban J connectivity index is 2.33. The zero-order valence-electron chi connectivity index (χ0n) is 10.5. The van der Waals surface area contributed by atoms with Gasteiger partial charge >= 0.3 is 0 Å². The van der Waals surface area contributed by atoms with Crippen LogP contribution in [0.25, 0.3) is 0 Å². The van der Waals surface area contributed by atoms with Crippen LogP contribution in [0.1, 0.15) is 27.6 Å². The quantitative estimate of drug-likeness (QED) is 0.883. The van der Waals surface area contributed by atoms with E-state index in [1.54, 1.807) is 6.07 Å². The average molecular weight is 293 g/mol. The van der Waals surface area contributed by atoms with Crippen LogP contribution < -0.4 is 5.32 Å². The van der Waals surface area contributed by atoms with Gasteiger partial charge in [-0.25, -0.2) is 9.37 Å². The lowest BCUT2D eigenvalue weighted by Gasteiger charge is -2.08. The van der Waals surface area contributed by atoms with Crippen LogP contribution >= 0.6 is 11.6 Å². The van der Waals surface area contributed by atoms with Crippen LogP contribution in [0.4, 0.5) is 10.2 Å². The molecule has 0 saturated carbocycles. The summed E-state index contributed by atoms with van der Waals surface area (Å²) in [4.78, 5) is 27.3. The van der Waals surface area contributed by atoms with Gasteiger partial charge in [0.15, 0.2) is 5.78 Å². The number of carbonyl (C=O) groups is 2. The number of anilines is 1. The summed E-state index contributed by atoms with van der Waals surface area (Å²) in [5.41, 5.74) is 0.0425. The van der Waals surface area contributed by atoms with Crippen LogP contribution in [-0.4, -0.2) is 16.7 Å². The molecule has 2 aromatic rings. The number of aromatic nitrogens is 1. The summed E-state index contributed by atoms with van der Waals surface area (Å²) in [6.07, 6.45) is 1.43. The maximum Gasteiger partial charge on any atom is 0.259 e. The van der Waals surface area contributed by atoms with Crippen LogP contribution in [0.15, 0.2) is 36.5 Å². The highest BCUT2D eigenvalue weighted by atomic mass is 35.5. The molecule has 6 heteroatoms. The number of nitrogens with zero attached hydrogens (tertiary/aromatic N) is 1. The molecule has 0 bridgehead atoms. The third kappa shape index (κ3) is 3.00. The molecule has 102 valence electrons. The van der Waals surface area contributed by atoms with Crippen LogP contribution in [0.5, 0.6) is 0 Å². The summed E-state index contributed by atoms with van der Waals surface area (Å²) in [5, 5.41) is 2.65. The predicted octanol–water partition coefficient (Wildman–Crippen LogP) is 3.33. The Kier molecular flexibility index (Phi) is 4.10. The third-order valence-corrected chi connectivity index (χ3v) is 2.83. The Hall–Kier alpha value is -2.27. The van der Waals surface area contributed by atoms with E-state index in [-0.39, 0.29) is 27.8 Å². The molecule has 1 aromatic carbocycles. The number of nitrogens with one attached hydrogen (secondary N) is 1. The Morgan fingerprint density at radius 3 is 2.70 bits per heavy atom. The minimum Gasteiger partial charge on any atom is -0.306 e. The van der Waals surface area contributed by atoms with E-state index in [9.17, 15) is 14.0 Å². The van der Waals surface area contributed by atoms with E-state index < -0.39 is 11.7 Å². The summed E-state index contributed by atoms with van der Waals surface area (Å²) < 4.78 is 13.6. The molecule has 1 N–H and O–H groups in total. The van der Waals surface area contributed by atoms with Crippen LogP contribution in [0, 0.1) is 5.82 Å². The Morgan fingerprint density at radius 2 is 2.00 bits per heavy atom. The van der Waals surface area contributed by atoms with Crippen molar-refractivity contribution in [3.05, 3.63) is 58.5 Å². The van der Waals surface area contributed by atoms with Gasteiger partial charge in [-0.15, -0.1) is 0 Å². The van der Waals surface area contributed by atoms with Crippen molar-refractivity contribution < 1.29 is 14.0 Å². The molecule has 1 amide bonds. The van der Waals surface area contributed by atoms with Gasteiger partial charge in [-0.1, -0.05) is 11.6 Å². The van der Waals surface area contributed by atoms with Gasteiger partial charge in [-0.3, -0.25) is 9.59 Å². The molecule has 20 heavy (non-hydrogen) atoms. The van der Waals surface area contributed by atoms with Crippen molar-refractivity contribution >= 4 is 29.1 Å². The summed E-state index contributed by atoms with van der Waals surface area (Å²) in [6.45, 7) is 1.35. The smallest absolute Gasteiger partial charge is 0.259 e. The highest BCUT2D eigenvalue weighted by Gasteiger charge is 2.16. The largest absolute Gasteiger partial charge is 0.306 e. The SMILES string of the molecule is CC(=O)c1cccnc1NC(=O)c1cc(Cl)ccc1F. The molecule has 0 unspecified atom stereocenters. The van der Waals surface area contributed by atoms with E-state index in [1.807, 2.05) is 0 Å². The van der Waals surface area contributed by atoms with E-state index in [0.29, 0.717) is 0 Å². The van der Waals surface area contributed by atoms with Gasteiger partial charge in [0.1, 0.15) is 11.6 Å². The topological polar surface area (TPSA) is 59.1 Å². The van der Waals surface area contributed by atoms with Gasteiger partial charge in [0.05, 0.1) is 11.1 Å². The standard InChI is InChI=1S/C14H10ClFN2O2/c1-8(19)10-3-2-6-17-13(10)18-14(20)11-7-9(15)4-5-12(11)16/h2-7H,1H3,(H,17,18,20). The molecule has 0 aliphatic carbocycles. The second kappa shape index (κ2) is 5.79. The average Bonchev–Trinajstić information content (AvgIpc) is 2.41. The Bertz CT molecular complexity index is 689. The van der Waals surface area contributed by atoms with Crippen LogP contribution in [0.2, 0.25) is 5.02 Å². The van der Waals surface area contributed by atoms with E-state index in [1.165, 1.54) is 31.3 Å². The molecule has 0 aliphatic rings. The summed E-state index contributed by atoms with van der Waals surface area (Å²) in [6, 6.07) is 6.76. The number of hydrogen-bond acceptors (Lipinski definition) is 3. The fourth-order valence-corrected chi connectivity index (χ4v) is 1.81. The van der Waals surface area contributed by atoms with Gasteiger partial charge < -0.3 is 5.32 Å². The molecule has 0 atom stereocenters. The molecule has 1 aromatic heterocycles. The molecule has 0 aliphatic heterocycles. The number of benzene rings is 1. The monoisotopic (exact) mass is 292 g/mol. The number of Topliss-reactive ketones (excluding diaryl/α,β-unsaturated/α-hetero) is 1. The van der Waals surface area contributed by atoms with Gasteiger partial charge in [-0.05, 0) is 37.3 Å². The van der Waals surface area contributed by atoms with E-state index in [4.69, 9.17) is 11.6 Å². The maximum absolute atomic E-state index is 13.6. The Labute approximate surface area is 119 Å². The maximum atomic E-state index is 13.6. The van der Waals surface area contributed by atoms with E-state index in [2.05, 4.69) is 10.3 Å². The van der Waals surface area contributed by atoms with Gasteiger partial charge in [0.25, 0.3) is 5.91 Å². The first-order valence-corrected chi connectivity index (χ1v) is 6.09. The number of halogens is 2. The van der Waals surface area contributed by atoms with Crippen LogP contribution in [0.3, 0.4) is 0 Å². The molecule has 0 saturated heterocycles. The second-order valence-electron chi connectivity index (χ2n) is 4.03. The molecular formula is C14H10ClFN2O2. The molecule has 1 heterocycles. The second-order valence-corrected chi connectivity index (χ2v) is 4.47. The van der Waals surface area contributed by atoms with E-state index in [0.717, 1.165) is 6.07 Å². The van der Waals surface area contributed by atoms with Crippen molar-refractivity contribution in [1.82, 2.24) is 4.98 Å². The lowest BCUT2D eigenvalue weighted by molar-refractivity contribution is 0.101. The van der Waals surface area contributed by atoms with E-state index >= 15 is 0 Å². The lowest BCUT2D eigenvalue weighted by atomic mass is 10.1. The fraction of sp³-hybridized carbons (Fsp3) is 0.0714. The zero-order chi connectivity index (χ0) is 14.7.